The number of benzene rings is 2. The highest BCUT2D eigenvalue weighted by Gasteiger charge is 2.47. The molecule has 0 bridgehead atoms. The van der Waals surface area contributed by atoms with Crippen LogP contribution in [0.1, 0.15) is 25.3 Å². The van der Waals surface area contributed by atoms with Gasteiger partial charge in [-0.1, -0.05) is 18.2 Å². The van der Waals surface area contributed by atoms with E-state index in [1.165, 1.54) is 12.1 Å². The zero-order chi connectivity index (χ0) is 21.8. The van der Waals surface area contributed by atoms with Gasteiger partial charge in [-0.25, -0.2) is 4.98 Å². The van der Waals surface area contributed by atoms with E-state index < -0.39 is 24.1 Å². The fourth-order valence-electron chi connectivity index (χ4n) is 3.89. The maximum atomic E-state index is 13.1. The van der Waals surface area contributed by atoms with Crippen LogP contribution in [0.15, 0.2) is 48.5 Å². The van der Waals surface area contributed by atoms with Crippen molar-refractivity contribution in [2.75, 3.05) is 10.2 Å². The van der Waals surface area contributed by atoms with Crippen LogP contribution < -0.4 is 15.0 Å². The van der Waals surface area contributed by atoms with Crippen molar-refractivity contribution < 1.29 is 27.5 Å². The molecule has 5 rings (SSSR count). The van der Waals surface area contributed by atoms with Gasteiger partial charge in [0.2, 0.25) is 11.9 Å². The van der Waals surface area contributed by atoms with Gasteiger partial charge in [0.15, 0.2) is 0 Å². The van der Waals surface area contributed by atoms with Gasteiger partial charge in [-0.05, 0) is 37.1 Å². The Hall–Kier alpha value is -3.56. The van der Waals surface area contributed by atoms with Gasteiger partial charge in [0.1, 0.15) is 11.8 Å². The molecule has 0 saturated heterocycles. The molecule has 1 fully saturated rings. The Labute approximate surface area is 174 Å². The molecule has 1 aromatic heterocycles. The Morgan fingerprint density at radius 2 is 1.94 bits per heavy atom. The number of rotatable bonds is 5. The Balaban J connectivity index is 1.38. The molecule has 2 aliphatic rings. The highest BCUT2D eigenvalue weighted by Crippen LogP contribution is 2.42. The Kier molecular flexibility index (Phi) is 4.38. The fraction of sp³-hybridized carbons (Fsp3) is 0.286. The van der Waals surface area contributed by atoms with Gasteiger partial charge in [-0.2, -0.15) is 0 Å². The number of anilines is 2. The van der Waals surface area contributed by atoms with Crippen molar-refractivity contribution in [3.8, 4) is 5.75 Å². The van der Waals surface area contributed by atoms with Crippen molar-refractivity contribution in [2.45, 2.75) is 37.7 Å². The van der Waals surface area contributed by atoms with Crippen molar-refractivity contribution in [3.05, 3.63) is 48.5 Å². The summed E-state index contributed by atoms with van der Waals surface area (Å²) in [5.41, 5.74) is 1.64. The van der Waals surface area contributed by atoms with Gasteiger partial charge >= 0.3 is 6.36 Å². The number of nitrogens with zero attached hydrogens (tertiary/aromatic N) is 3. The summed E-state index contributed by atoms with van der Waals surface area (Å²) in [6, 6.07) is 11.7. The predicted octanol–water partition coefficient (Wildman–Crippen LogP) is 4.01. The van der Waals surface area contributed by atoms with E-state index in [4.69, 9.17) is 0 Å². The van der Waals surface area contributed by atoms with Gasteiger partial charge in [-0.15, -0.1) is 13.2 Å². The Morgan fingerprint density at radius 1 is 1.16 bits per heavy atom. The Bertz CT molecular complexity index is 1190. The highest BCUT2D eigenvalue weighted by atomic mass is 19.4. The molecule has 1 N–H and O–H groups in total. The zero-order valence-corrected chi connectivity index (χ0v) is 16.1. The first-order valence-corrected chi connectivity index (χ1v) is 9.76. The SMILES string of the molecule is O=C(C[C@H]1C(=O)N(C2CC2)c2nc3ccccc3n21)Nc1cccc(OC(F)(F)F)c1. The molecule has 7 nitrogen and oxygen atoms in total. The number of imidazole rings is 1. The third kappa shape index (κ3) is 3.69. The summed E-state index contributed by atoms with van der Waals surface area (Å²) in [5.74, 6) is -0.596. The molecule has 1 saturated carbocycles. The van der Waals surface area contributed by atoms with E-state index in [-0.39, 0.29) is 24.1 Å². The largest absolute Gasteiger partial charge is 0.573 e. The van der Waals surface area contributed by atoms with E-state index in [0.29, 0.717) is 5.95 Å². The number of fused-ring (bicyclic) bond motifs is 3. The lowest BCUT2D eigenvalue weighted by Gasteiger charge is -2.15. The van der Waals surface area contributed by atoms with E-state index in [2.05, 4.69) is 15.0 Å². The number of nitrogens with one attached hydrogen (secondary N) is 1. The second-order valence-electron chi connectivity index (χ2n) is 7.55. The quantitative estimate of drug-likeness (QED) is 0.664. The number of carbonyl (C=O) groups is 2. The zero-order valence-electron chi connectivity index (χ0n) is 16.1. The molecular formula is C21H17F3N4O3. The van der Waals surface area contributed by atoms with Crippen LogP contribution in [0.5, 0.6) is 5.75 Å². The van der Waals surface area contributed by atoms with Crippen molar-refractivity contribution in [3.63, 3.8) is 0 Å². The van der Waals surface area contributed by atoms with Crippen molar-refractivity contribution >= 4 is 34.5 Å². The second-order valence-corrected chi connectivity index (χ2v) is 7.55. The van der Waals surface area contributed by atoms with Crippen LogP contribution >= 0.6 is 0 Å². The normalized spacial score (nSPS) is 18.4. The van der Waals surface area contributed by atoms with E-state index in [1.54, 1.807) is 9.47 Å². The van der Waals surface area contributed by atoms with Crippen LogP contribution in [0.2, 0.25) is 0 Å². The monoisotopic (exact) mass is 430 g/mol. The van der Waals surface area contributed by atoms with Gasteiger partial charge in [0.25, 0.3) is 5.91 Å². The number of halogens is 3. The van der Waals surface area contributed by atoms with Gasteiger partial charge in [0.05, 0.1) is 17.5 Å². The molecule has 31 heavy (non-hydrogen) atoms. The summed E-state index contributed by atoms with van der Waals surface area (Å²) >= 11 is 0. The molecule has 10 heteroatoms. The summed E-state index contributed by atoms with van der Waals surface area (Å²) in [5, 5.41) is 2.56. The molecule has 2 heterocycles. The van der Waals surface area contributed by atoms with Crippen LogP contribution in [0.25, 0.3) is 11.0 Å². The van der Waals surface area contributed by atoms with Gasteiger partial charge in [-0.3, -0.25) is 19.1 Å². The van der Waals surface area contributed by atoms with Crippen molar-refractivity contribution in [1.29, 1.82) is 0 Å². The van der Waals surface area contributed by atoms with Gasteiger partial charge < -0.3 is 10.1 Å². The molecule has 160 valence electrons. The van der Waals surface area contributed by atoms with Crippen molar-refractivity contribution in [1.82, 2.24) is 9.55 Å². The lowest BCUT2D eigenvalue weighted by molar-refractivity contribution is -0.274. The van der Waals surface area contributed by atoms with E-state index in [1.807, 2.05) is 24.3 Å². The summed E-state index contributed by atoms with van der Waals surface area (Å²) in [7, 11) is 0. The first-order chi connectivity index (χ1) is 14.8. The molecule has 2 aromatic carbocycles. The Morgan fingerprint density at radius 3 is 2.68 bits per heavy atom. The molecule has 1 atom stereocenters. The summed E-state index contributed by atoms with van der Waals surface area (Å²) in [4.78, 5) is 32.0. The smallest absolute Gasteiger partial charge is 0.406 e. The third-order valence-electron chi connectivity index (χ3n) is 5.27. The summed E-state index contributed by atoms with van der Waals surface area (Å²) in [6.45, 7) is 0. The van der Waals surface area contributed by atoms with Crippen LogP contribution in [-0.2, 0) is 9.59 Å². The molecule has 0 unspecified atom stereocenters. The summed E-state index contributed by atoms with van der Waals surface area (Å²) in [6.07, 6.45) is -3.22. The number of amides is 2. The maximum Gasteiger partial charge on any atom is 0.573 e. The fourth-order valence-corrected chi connectivity index (χ4v) is 3.89. The van der Waals surface area contributed by atoms with Crippen LogP contribution in [0, 0.1) is 0 Å². The van der Waals surface area contributed by atoms with Crippen LogP contribution in [0.3, 0.4) is 0 Å². The van der Waals surface area contributed by atoms with Crippen LogP contribution in [-0.4, -0.2) is 33.8 Å². The number of hydrogen-bond donors (Lipinski definition) is 1. The lowest BCUT2D eigenvalue weighted by atomic mass is 10.1. The van der Waals surface area contributed by atoms with E-state index in [0.717, 1.165) is 36.0 Å². The minimum atomic E-state index is -4.83. The lowest BCUT2D eigenvalue weighted by Crippen LogP contribution is -2.33. The number of hydrogen-bond acceptors (Lipinski definition) is 4. The topological polar surface area (TPSA) is 76.5 Å². The molecule has 0 radical (unpaired) electrons. The number of carbonyl (C=O) groups excluding carboxylic acids is 2. The highest BCUT2D eigenvalue weighted by molar-refractivity contribution is 6.05. The maximum absolute atomic E-state index is 13.1. The van der Waals surface area contributed by atoms with Crippen molar-refractivity contribution in [2.24, 2.45) is 0 Å². The average Bonchev–Trinajstić information content (AvgIpc) is 3.40. The number of ether oxygens (including phenoxy) is 1. The standard InChI is InChI=1S/C21H17F3N4O3/c22-21(23,24)31-14-5-3-4-12(10-14)25-18(29)11-17-19(30)27(13-8-9-13)20-26-15-6-1-2-7-16(15)28(17)20/h1-7,10,13,17H,8-9,11H2,(H,25,29)/t17-/m0/s1. The van der Waals surface area contributed by atoms with E-state index >= 15 is 0 Å². The second kappa shape index (κ2) is 7.00. The average molecular weight is 430 g/mol. The minimum absolute atomic E-state index is 0.0901. The third-order valence-corrected chi connectivity index (χ3v) is 5.27. The summed E-state index contributed by atoms with van der Waals surface area (Å²) < 4.78 is 43.0. The predicted molar refractivity (Wildman–Crippen MR) is 106 cm³/mol. The molecule has 1 aliphatic carbocycles. The van der Waals surface area contributed by atoms with Crippen LogP contribution in [0.4, 0.5) is 24.8 Å². The molecule has 2 amide bonds. The molecule has 3 aromatic rings. The number of alkyl halides is 3. The molecule has 1 aliphatic heterocycles. The first kappa shape index (κ1) is 19.4. The molecule has 0 spiro atoms. The first-order valence-electron chi connectivity index (χ1n) is 9.76. The number of aromatic nitrogens is 2. The minimum Gasteiger partial charge on any atom is -0.406 e. The van der Waals surface area contributed by atoms with E-state index in [9.17, 15) is 22.8 Å². The van der Waals surface area contributed by atoms with Gasteiger partial charge in [0, 0.05) is 17.8 Å². The molecular weight excluding hydrogens is 413 g/mol. The number of para-hydroxylation sites is 2.